The minimum atomic E-state index is -0.190. The number of ether oxygens (including phenoxy) is 1. The maximum Gasteiger partial charge on any atom is 0.255 e. The fraction of sp³-hybridized carbons (Fsp3) is 0.133. The van der Waals surface area contributed by atoms with Crippen molar-refractivity contribution in [1.82, 2.24) is 0 Å². The first kappa shape index (κ1) is 15.3. The highest BCUT2D eigenvalue weighted by Crippen LogP contribution is 2.28. The van der Waals surface area contributed by atoms with Crippen LogP contribution in [0.5, 0.6) is 5.75 Å². The molecule has 2 aromatic carbocycles. The Morgan fingerprint density at radius 3 is 2.62 bits per heavy atom. The molecule has 0 bridgehead atoms. The Morgan fingerprint density at radius 2 is 2.00 bits per heavy atom. The highest BCUT2D eigenvalue weighted by atomic mass is 79.9. The van der Waals surface area contributed by atoms with Gasteiger partial charge in [-0.15, -0.1) is 0 Å². The van der Waals surface area contributed by atoms with E-state index in [0.717, 1.165) is 15.7 Å². The normalized spacial score (nSPS) is 10.1. The van der Waals surface area contributed by atoms with E-state index in [9.17, 15) is 4.79 Å². The van der Waals surface area contributed by atoms with E-state index in [1.807, 2.05) is 25.1 Å². The predicted octanol–water partition coefficient (Wildman–Crippen LogP) is 3.30. The minimum absolute atomic E-state index is 0.190. The van der Waals surface area contributed by atoms with Crippen LogP contribution < -0.4 is 21.3 Å². The fourth-order valence-corrected chi connectivity index (χ4v) is 2.27. The van der Waals surface area contributed by atoms with E-state index in [1.165, 1.54) is 0 Å². The van der Waals surface area contributed by atoms with Gasteiger partial charge >= 0.3 is 0 Å². The molecule has 0 aliphatic carbocycles. The van der Waals surface area contributed by atoms with Gasteiger partial charge in [-0.1, -0.05) is 0 Å². The number of aryl methyl sites for hydroxylation is 1. The predicted molar refractivity (Wildman–Crippen MR) is 87.6 cm³/mol. The van der Waals surface area contributed by atoms with Gasteiger partial charge in [-0.25, -0.2) is 0 Å². The van der Waals surface area contributed by atoms with Crippen LogP contribution in [0.25, 0.3) is 0 Å². The number of benzene rings is 2. The molecule has 2 rings (SSSR count). The molecule has 1 amide bonds. The van der Waals surface area contributed by atoms with Gasteiger partial charge < -0.3 is 15.5 Å². The summed E-state index contributed by atoms with van der Waals surface area (Å²) in [6, 6.07) is 10.7. The Labute approximate surface area is 131 Å². The van der Waals surface area contributed by atoms with Crippen molar-refractivity contribution < 1.29 is 9.53 Å². The third kappa shape index (κ3) is 3.53. The van der Waals surface area contributed by atoms with Gasteiger partial charge in [-0.05, 0) is 58.7 Å². The van der Waals surface area contributed by atoms with Crippen LogP contribution >= 0.6 is 15.9 Å². The van der Waals surface area contributed by atoms with E-state index >= 15 is 0 Å². The van der Waals surface area contributed by atoms with E-state index < -0.39 is 0 Å². The number of halogens is 1. The summed E-state index contributed by atoms with van der Waals surface area (Å²) in [7, 11) is 1.58. The number of nitrogen functional groups attached to an aromatic ring is 1. The van der Waals surface area contributed by atoms with Gasteiger partial charge in [-0.2, -0.15) is 0 Å². The van der Waals surface area contributed by atoms with E-state index in [1.54, 1.807) is 25.3 Å². The first-order valence-electron chi connectivity index (χ1n) is 6.27. The molecule has 0 heterocycles. The molecule has 0 fully saturated rings. The number of nitrogens with one attached hydrogen (secondary N) is 2. The zero-order chi connectivity index (χ0) is 15.4. The number of nitrogens with two attached hydrogens (primary N) is 1. The number of rotatable bonds is 4. The molecule has 110 valence electrons. The van der Waals surface area contributed by atoms with Crippen LogP contribution in [0.3, 0.4) is 0 Å². The SMILES string of the molecule is COc1ccc(Br)c(NC(=O)c2ccc(NN)cc2C)c1. The Balaban J connectivity index is 2.26. The first-order valence-corrected chi connectivity index (χ1v) is 7.06. The van der Waals surface area contributed by atoms with Crippen molar-refractivity contribution >= 4 is 33.2 Å². The molecule has 4 N–H and O–H groups in total. The number of hydrogen-bond acceptors (Lipinski definition) is 4. The second kappa shape index (κ2) is 6.60. The molecule has 0 aliphatic heterocycles. The Morgan fingerprint density at radius 1 is 1.24 bits per heavy atom. The Kier molecular flexibility index (Phi) is 4.82. The molecular weight excluding hydrogens is 334 g/mol. The van der Waals surface area contributed by atoms with Crippen molar-refractivity contribution in [1.29, 1.82) is 0 Å². The smallest absolute Gasteiger partial charge is 0.255 e. The largest absolute Gasteiger partial charge is 0.497 e. The zero-order valence-corrected chi connectivity index (χ0v) is 13.3. The van der Waals surface area contributed by atoms with Crippen molar-refractivity contribution in [3.63, 3.8) is 0 Å². The molecule has 5 nitrogen and oxygen atoms in total. The monoisotopic (exact) mass is 349 g/mol. The van der Waals surface area contributed by atoms with Crippen molar-refractivity contribution in [3.05, 3.63) is 52.0 Å². The van der Waals surface area contributed by atoms with E-state index in [-0.39, 0.29) is 5.91 Å². The van der Waals surface area contributed by atoms with Gasteiger partial charge in [-0.3, -0.25) is 10.6 Å². The molecule has 0 radical (unpaired) electrons. The summed E-state index contributed by atoms with van der Waals surface area (Å²) in [6.45, 7) is 1.86. The molecule has 6 heteroatoms. The van der Waals surface area contributed by atoms with Crippen LogP contribution in [0.15, 0.2) is 40.9 Å². The van der Waals surface area contributed by atoms with Crippen molar-refractivity contribution in [3.8, 4) is 5.75 Å². The molecule has 0 saturated heterocycles. The lowest BCUT2D eigenvalue weighted by atomic mass is 10.1. The first-order chi connectivity index (χ1) is 10.0. The third-order valence-corrected chi connectivity index (χ3v) is 3.75. The average molecular weight is 350 g/mol. The number of carbonyl (C=O) groups excluding carboxylic acids is 1. The fourth-order valence-electron chi connectivity index (χ4n) is 1.93. The quantitative estimate of drug-likeness (QED) is 0.584. The van der Waals surface area contributed by atoms with Crippen LogP contribution in [-0.2, 0) is 0 Å². The molecule has 0 saturated carbocycles. The number of methoxy groups -OCH3 is 1. The van der Waals surface area contributed by atoms with Gasteiger partial charge in [0.05, 0.1) is 12.8 Å². The average Bonchev–Trinajstić information content (AvgIpc) is 2.49. The molecule has 0 unspecified atom stereocenters. The highest BCUT2D eigenvalue weighted by molar-refractivity contribution is 9.10. The molecule has 21 heavy (non-hydrogen) atoms. The lowest BCUT2D eigenvalue weighted by Crippen LogP contribution is -2.14. The lowest BCUT2D eigenvalue weighted by molar-refractivity contribution is 0.102. The highest BCUT2D eigenvalue weighted by Gasteiger charge is 2.12. The summed E-state index contributed by atoms with van der Waals surface area (Å²) >= 11 is 3.41. The van der Waals surface area contributed by atoms with Crippen LogP contribution in [-0.4, -0.2) is 13.0 Å². The number of hydrogen-bond donors (Lipinski definition) is 3. The molecular formula is C15H16BrN3O2. The standard InChI is InChI=1S/C15H16BrN3O2/c1-9-7-10(19-17)3-5-12(9)15(20)18-14-8-11(21-2)4-6-13(14)16/h3-8,19H,17H2,1-2H3,(H,18,20). The van der Waals surface area contributed by atoms with Crippen molar-refractivity contribution in [2.24, 2.45) is 5.84 Å². The summed E-state index contributed by atoms with van der Waals surface area (Å²) in [4.78, 5) is 12.4. The lowest BCUT2D eigenvalue weighted by Gasteiger charge is -2.11. The molecule has 0 spiro atoms. The van der Waals surface area contributed by atoms with E-state index in [4.69, 9.17) is 10.6 Å². The Hall–Kier alpha value is -2.05. The van der Waals surface area contributed by atoms with E-state index in [0.29, 0.717) is 17.0 Å². The summed E-state index contributed by atoms with van der Waals surface area (Å²) in [5.74, 6) is 5.83. The molecule has 2 aromatic rings. The van der Waals surface area contributed by atoms with Gasteiger partial charge in [0.2, 0.25) is 0 Å². The summed E-state index contributed by atoms with van der Waals surface area (Å²) in [6.07, 6.45) is 0. The zero-order valence-electron chi connectivity index (χ0n) is 11.7. The molecule has 0 atom stereocenters. The number of carbonyl (C=O) groups is 1. The van der Waals surface area contributed by atoms with Crippen LogP contribution in [0.1, 0.15) is 15.9 Å². The van der Waals surface area contributed by atoms with Gasteiger partial charge in [0.1, 0.15) is 5.75 Å². The number of anilines is 2. The second-order valence-electron chi connectivity index (χ2n) is 4.47. The molecule has 0 aliphatic rings. The van der Waals surface area contributed by atoms with Crippen molar-refractivity contribution in [2.45, 2.75) is 6.92 Å². The van der Waals surface area contributed by atoms with Gasteiger partial charge in [0, 0.05) is 21.8 Å². The maximum absolute atomic E-state index is 12.4. The van der Waals surface area contributed by atoms with E-state index in [2.05, 4.69) is 26.7 Å². The van der Waals surface area contributed by atoms with Crippen LogP contribution in [0, 0.1) is 6.92 Å². The number of amides is 1. The minimum Gasteiger partial charge on any atom is -0.497 e. The topological polar surface area (TPSA) is 76.4 Å². The van der Waals surface area contributed by atoms with Gasteiger partial charge in [0.15, 0.2) is 0 Å². The van der Waals surface area contributed by atoms with Crippen LogP contribution in [0.4, 0.5) is 11.4 Å². The van der Waals surface area contributed by atoms with Crippen LogP contribution in [0.2, 0.25) is 0 Å². The summed E-state index contributed by atoms with van der Waals surface area (Å²) < 4.78 is 5.94. The summed E-state index contributed by atoms with van der Waals surface area (Å²) in [5, 5.41) is 2.86. The summed E-state index contributed by atoms with van der Waals surface area (Å²) in [5.41, 5.74) is 5.38. The third-order valence-electron chi connectivity index (χ3n) is 3.06. The Bertz CT molecular complexity index is 674. The second-order valence-corrected chi connectivity index (χ2v) is 5.33. The number of hydrazine groups is 1. The van der Waals surface area contributed by atoms with Crippen molar-refractivity contribution in [2.75, 3.05) is 17.9 Å². The van der Waals surface area contributed by atoms with Gasteiger partial charge in [0.25, 0.3) is 5.91 Å². The molecule has 0 aromatic heterocycles. The maximum atomic E-state index is 12.4.